The van der Waals surface area contributed by atoms with E-state index < -0.39 is 48.3 Å². The minimum absolute atomic E-state index is 0. The summed E-state index contributed by atoms with van der Waals surface area (Å²) in [6, 6.07) is 0. The summed E-state index contributed by atoms with van der Waals surface area (Å²) in [7, 11) is 0. The van der Waals surface area contributed by atoms with Gasteiger partial charge in [0, 0.05) is 17.4 Å². The molecular weight excluding hydrogens is 406 g/mol. The number of carboxylic acids is 2. The molecule has 13 nitrogen and oxygen atoms in total. The van der Waals surface area contributed by atoms with Gasteiger partial charge in [-0.25, -0.2) is 19.2 Å². The molecule has 156 valence electrons. The second-order valence-electron chi connectivity index (χ2n) is 4.19. The average Bonchev–Trinajstić information content (AvgIpc) is 2.48. The molecule has 0 spiro atoms. The molecule has 1 fully saturated rings. The molecule has 0 aliphatic carbocycles. The Labute approximate surface area is 173 Å². The van der Waals surface area contributed by atoms with E-state index in [1.54, 1.807) is 0 Å². The maximum absolute atomic E-state index is 10.7. The van der Waals surface area contributed by atoms with Crippen LogP contribution >= 0.6 is 0 Å². The van der Waals surface area contributed by atoms with E-state index in [0.717, 1.165) is 0 Å². The Balaban J connectivity index is -0.0000000580. The monoisotopic (exact) mass is 430 g/mol. The van der Waals surface area contributed by atoms with Crippen LogP contribution in [0.4, 0.5) is 0 Å². The van der Waals surface area contributed by atoms with Crippen molar-refractivity contribution in [2.24, 2.45) is 0 Å². The standard InChI is InChI=1S/C6H8O4.2C3H6O3.2Al.2H2O.O/c1-3-5(7)10-4(2)6(8)9-3;2*1-2(4)3(5)6;;;;;/h3-4H,1-2H3;2*2,4H,1H3,(H,5,6);;;2*1H2;. The summed E-state index contributed by atoms with van der Waals surface area (Å²) in [5.74, 6) is -3.33. The second-order valence-corrected chi connectivity index (χ2v) is 4.19. The summed E-state index contributed by atoms with van der Waals surface area (Å²) in [6.45, 7) is 5.35. The number of cyclic esters (lactones) is 2. The molecule has 0 aromatic carbocycles. The van der Waals surface area contributed by atoms with E-state index >= 15 is 0 Å². The number of ether oxygens (including phenoxy) is 2. The molecule has 0 aromatic heterocycles. The fourth-order valence-corrected chi connectivity index (χ4v) is 0.636. The molecular formula is C12H24Al2O13. The molecule has 1 rings (SSSR count). The molecule has 0 aromatic rings. The van der Waals surface area contributed by atoms with Gasteiger partial charge in [-0.2, -0.15) is 0 Å². The van der Waals surface area contributed by atoms with Crippen LogP contribution in [0, 0.1) is 0 Å². The van der Waals surface area contributed by atoms with Crippen LogP contribution in [0.5, 0.6) is 0 Å². The summed E-state index contributed by atoms with van der Waals surface area (Å²) in [6.07, 6.45) is -3.96. The van der Waals surface area contributed by atoms with Crippen molar-refractivity contribution in [3.63, 3.8) is 0 Å². The van der Waals surface area contributed by atoms with Crippen molar-refractivity contribution in [3.8, 4) is 0 Å². The molecule has 4 atom stereocenters. The first-order valence-electron chi connectivity index (χ1n) is 6.36. The third kappa shape index (κ3) is 24.6. The Morgan fingerprint density at radius 3 is 1.11 bits per heavy atom. The molecule has 8 N–H and O–H groups in total. The van der Waals surface area contributed by atoms with Crippen molar-refractivity contribution < 1.29 is 63.8 Å². The fraction of sp³-hybridized carbons (Fsp3) is 0.667. The molecule has 0 bridgehead atoms. The van der Waals surface area contributed by atoms with Crippen LogP contribution in [0.15, 0.2) is 0 Å². The fourth-order valence-electron chi connectivity index (χ4n) is 0.636. The predicted molar refractivity (Wildman–Crippen MR) is 89.2 cm³/mol. The SMILES string of the molecule is CC(O)C(=O)O.CC(O)C(=O)O.CC1OC(=O)C(C)OC1=O.O.O.[Al].[O]=[Al]. The van der Waals surface area contributed by atoms with Crippen LogP contribution in [-0.2, 0) is 32.5 Å². The van der Waals surface area contributed by atoms with Gasteiger partial charge in [0.1, 0.15) is 12.2 Å². The van der Waals surface area contributed by atoms with Crippen molar-refractivity contribution in [1.82, 2.24) is 0 Å². The van der Waals surface area contributed by atoms with Gasteiger partial charge in [0.15, 0.2) is 12.2 Å². The van der Waals surface area contributed by atoms with E-state index in [1.807, 2.05) is 0 Å². The number of hydrogen-bond acceptors (Lipinski definition) is 9. The zero-order valence-electron chi connectivity index (χ0n) is 15.1. The molecule has 0 saturated carbocycles. The molecule has 27 heavy (non-hydrogen) atoms. The Hall–Kier alpha value is -1.42. The van der Waals surface area contributed by atoms with Gasteiger partial charge in [0.25, 0.3) is 0 Å². The van der Waals surface area contributed by atoms with E-state index in [9.17, 15) is 19.2 Å². The number of esters is 2. The molecule has 0 amide bonds. The second kappa shape index (κ2) is 22.6. The summed E-state index contributed by atoms with van der Waals surface area (Å²) in [5.41, 5.74) is 0. The van der Waals surface area contributed by atoms with Gasteiger partial charge in [-0.1, -0.05) is 0 Å². The Morgan fingerprint density at radius 1 is 0.852 bits per heavy atom. The normalized spacial score (nSPS) is 18.4. The van der Waals surface area contributed by atoms with Crippen LogP contribution in [0.1, 0.15) is 27.7 Å². The van der Waals surface area contributed by atoms with Gasteiger partial charge in [0.05, 0.1) is 0 Å². The van der Waals surface area contributed by atoms with Crippen molar-refractivity contribution in [1.29, 1.82) is 0 Å². The number of aliphatic hydroxyl groups excluding tert-OH is 2. The van der Waals surface area contributed by atoms with Crippen LogP contribution in [-0.4, -0.2) is 113 Å². The van der Waals surface area contributed by atoms with Crippen LogP contribution in [0.2, 0.25) is 0 Å². The number of rotatable bonds is 2. The van der Waals surface area contributed by atoms with Gasteiger partial charge in [-0.05, 0) is 27.7 Å². The van der Waals surface area contributed by atoms with Gasteiger partial charge in [-0.15, -0.1) is 0 Å². The third-order valence-corrected chi connectivity index (χ3v) is 1.96. The molecule has 1 aliphatic rings. The first kappa shape index (κ1) is 40.3. The Bertz CT molecular complexity index is 390. The van der Waals surface area contributed by atoms with Gasteiger partial charge in [-0.3, -0.25) is 0 Å². The van der Waals surface area contributed by atoms with E-state index in [4.69, 9.17) is 24.2 Å². The van der Waals surface area contributed by atoms with E-state index in [-0.39, 0.29) is 28.3 Å². The number of carboxylic acid groups (broad SMARTS) is 2. The summed E-state index contributed by atoms with van der Waals surface area (Å²) in [4.78, 5) is 40.2. The molecule has 4 unspecified atom stereocenters. The minimum atomic E-state index is -1.23. The third-order valence-electron chi connectivity index (χ3n) is 1.96. The van der Waals surface area contributed by atoms with Gasteiger partial charge in [0.2, 0.25) is 0 Å². The molecule has 15 heteroatoms. The van der Waals surface area contributed by atoms with E-state index in [2.05, 4.69) is 9.47 Å². The Kier molecular flexibility index (Phi) is 33.8. The summed E-state index contributed by atoms with van der Waals surface area (Å²) in [5, 5.41) is 31.5. The average molecular weight is 430 g/mol. The van der Waals surface area contributed by atoms with Gasteiger partial charge >= 0.3 is 43.9 Å². The number of aliphatic hydroxyl groups is 2. The van der Waals surface area contributed by atoms with E-state index in [1.165, 1.54) is 43.9 Å². The molecule has 1 heterocycles. The number of carbonyl (C=O) groups is 4. The first-order valence-corrected chi connectivity index (χ1v) is 6.83. The van der Waals surface area contributed by atoms with Crippen molar-refractivity contribution in [2.45, 2.75) is 52.1 Å². The summed E-state index contributed by atoms with van der Waals surface area (Å²) >= 11 is 1.17. The zero-order valence-corrected chi connectivity index (χ0v) is 17.4. The van der Waals surface area contributed by atoms with Crippen molar-refractivity contribution in [2.75, 3.05) is 0 Å². The summed E-state index contributed by atoms with van der Waals surface area (Å²) < 4.78 is 17.4. The van der Waals surface area contributed by atoms with Crippen LogP contribution in [0.3, 0.4) is 0 Å². The maximum atomic E-state index is 10.7. The predicted octanol–water partition coefficient (Wildman–Crippen LogP) is -3.76. The van der Waals surface area contributed by atoms with Crippen LogP contribution in [0.25, 0.3) is 0 Å². The van der Waals surface area contributed by atoms with Crippen molar-refractivity contribution >= 4 is 57.5 Å². The van der Waals surface area contributed by atoms with Crippen molar-refractivity contribution in [3.05, 3.63) is 0 Å². The number of hydrogen-bond donors (Lipinski definition) is 4. The molecule has 1 aliphatic heterocycles. The molecule has 4 radical (unpaired) electrons. The topological polar surface area (TPSA) is 248 Å². The first-order chi connectivity index (χ1) is 10.9. The number of carbonyl (C=O) groups excluding carboxylic acids is 2. The quantitative estimate of drug-likeness (QED) is 0.244. The molecule has 1 saturated heterocycles. The van der Waals surface area contributed by atoms with E-state index in [0.29, 0.717) is 0 Å². The number of aliphatic carboxylic acids is 2. The zero-order chi connectivity index (χ0) is 20.0. The van der Waals surface area contributed by atoms with Gasteiger partial charge < -0.3 is 40.9 Å². The van der Waals surface area contributed by atoms with Crippen LogP contribution < -0.4 is 0 Å². The Morgan fingerprint density at radius 2 is 1.00 bits per heavy atom.